The quantitative estimate of drug-likeness (QED) is 0.470. The minimum absolute atomic E-state index is 0.136. The maximum atomic E-state index is 13.4. The summed E-state index contributed by atoms with van der Waals surface area (Å²) in [6, 6.07) is 12.0. The lowest BCUT2D eigenvalue weighted by molar-refractivity contribution is 0.267. The molecular formula is C21H22FN7O. The smallest absolute Gasteiger partial charge is 0.260 e. The van der Waals surface area contributed by atoms with Gasteiger partial charge in [-0.25, -0.2) is 9.37 Å². The maximum Gasteiger partial charge on any atom is 0.260 e. The fraction of sp³-hybridized carbons (Fsp3) is 0.286. The highest BCUT2D eigenvalue weighted by molar-refractivity contribution is 5.90. The molecule has 0 atom stereocenters. The number of hydrogen-bond donors (Lipinski definition) is 3. The van der Waals surface area contributed by atoms with Gasteiger partial charge >= 0.3 is 0 Å². The Kier molecular flexibility index (Phi) is 4.80. The molecular weight excluding hydrogens is 385 g/mol. The predicted molar refractivity (Wildman–Crippen MR) is 116 cm³/mol. The van der Waals surface area contributed by atoms with Gasteiger partial charge in [0.1, 0.15) is 5.82 Å². The number of piperazine rings is 1. The number of benzene rings is 2. The topological polar surface area (TPSA) is 92.9 Å². The third kappa shape index (κ3) is 3.59. The highest BCUT2D eigenvalue weighted by Gasteiger charge is 2.20. The molecule has 30 heavy (non-hydrogen) atoms. The number of halogens is 1. The first kappa shape index (κ1) is 18.6. The summed E-state index contributed by atoms with van der Waals surface area (Å²) in [5.41, 5.74) is 1.26. The molecule has 1 saturated heterocycles. The summed E-state index contributed by atoms with van der Waals surface area (Å²) >= 11 is 0. The van der Waals surface area contributed by atoms with Crippen molar-refractivity contribution in [1.82, 2.24) is 25.1 Å². The van der Waals surface area contributed by atoms with Crippen molar-refractivity contribution in [3.8, 4) is 0 Å². The molecule has 4 aromatic rings. The van der Waals surface area contributed by atoms with E-state index in [0.717, 1.165) is 43.9 Å². The first-order valence-electron chi connectivity index (χ1n) is 10.0. The number of para-hydroxylation sites is 1. The van der Waals surface area contributed by atoms with Gasteiger partial charge in [0.15, 0.2) is 5.82 Å². The van der Waals surface area contributed by atoms with Crippen LogP contribution in [0.25, 0.3) is 21.8 Å². The van der Waals surface area contributed by atoms with Crippen LogP contribution < -0.4 is 15.8 Å². The van der Waals surface area contributed by atoms with Gasteiger partial charge < -0.3 is 10.2 Å². The Balaban J connectivity index is 1.16. The predicted octanol–water partition coefficient (Wildman–Crippen LogP) is 2.17. The van der Waals surface area contributed by atoms with Crippen molar-refractivity contribution in [2.45, 2.75) is 0 Å². The molecule has 0 aliphatic carbocycles. The van der Waals surface area contributed by atoms with Crippen molar-refractivity contribution >= 4 is 33.6 Å². The van der Waals surface area contributed by atoms with E-state index in [-0.39, 0.29) is 11.4 Å². The molecule has 5 rings (SSSR count). The van der Waals surface area contributed by atoms with Gasteiger partial charge in [-0.1, -0.05) is 12.1 Å². The van der Waals surface area contributed by atoms with Crippen molar-refractivity contribution in [1.29, 1.82) is 0 Å². The van der Waals surface area contributed by atoms with Crippen LogP contribution in [0.15, 0.2) is 47.3 Å². The van der Waals surface area contributed by atoms with Gasteiger partial charge in [-0.3, -0.25) is 19.8 Å². The molecule has 1 aliphatic heterocycles. The zero-order valence-corrected chi connectivity index (χ0v) is 16.4. The molecule has 9 heteroatoms. The van der Waals surface area contributed by atoms with Gasteiger partial charge in [-0.05, 0) is 30.3 Å². The molecule has 0 saturated carbocycles. The monoisotopic (exact) mass is 407 g/mol. The van der Waals surface area contributed by atoms with Crippen molar-refractivity contribution in [2.24, 2.45) is 0 Å². The Morgan fingerprint density at radius 3 is 2.77 bits per heavy atom. The third-order valence-corrected chi connectivity index (χ3v) is 5.51. The Morgan fingerprint density at radius 1 is 1.07 bits per heavy atom. The minimum atomic E-state index is -0.266. The molecule has 3 N–H and O–H groups in total. The standard InChI is InChI=1S/C21H22FN7O/c22-14-5-6-15-18(13-14)26-27-19(15)29-11-9-28(10-12-29)8-7-23-21-24-17-4-2-1-3-16(17)20(30)25-21/h1-6,13H,7-12H2,(H,26,27)(H2,23,24,25,30). The number of nitrogens with zero attached hydrogens (tertiary/aromatic N) is 4. The Morgan fingerprint density at radius 2 is 1.90 bits per heavy atom. The van der Waals surface area contributed by atoms with E-state index in [2.05, 4.69) is 35.3 Å². The van der Waals surface area contributed by atoms with Crippen LogP contribution in [0.3, 0.4) is 0 Å². The molecule has 3 heterocycles. The lowest BCUT2D eigenvalue weighted by atomic mass is 10.2. The summed E-state index contributed by atoms with van der Waals surface area (Å²) in [6.45, 7) is 5.03. The number of nitrogens with one attached hydrogen (secondary N) is 3. The van der Waals surface area contributed by atoms with Crippen LogP contribution in [0, 0.1) is 5.82 Å². The molecule has 1 aliphatic rings. The average molecular weight is 407 g/mol. The summed E-state index contributed by atoms with van der Waals surface area (Å²) < 4.78 is 13.4. The molecule has 0 radical (unpaired) electrons. The molecule has 0 bridgehead atoms. The normalized spacial score (nSPS) is 15.2. The number of anilines is 2. The summed E-state index contributed by atoms with van der Waals surface area (Å²) in [6.07, 6.45) is 0. The second-order valence-electron chi connectivity index (χ2n) is 7.42. The van der Waals surface area contributed by atoms with Crippen molar-refractivity contribution in [3.05, 3.63) is 58.6 Å². The Bertz CT molecular complexity index is 1240. The molecule has 0 unspecified atom stereocenters. The molecule has 154 valence electrons. The Labute approximate surface area is 171 Å². The fourth-order valence-corrected chi connectivity index (χ4v) is 3.90. The van der Waals surface area contributed by atoms with E-state index in [1.165, 1.54) is 12.1 Å². The second-order valence-corrected chi connectivity index (χ2v) is 7.42. The van der Waals surface area contributed by atoms with Crippen LogP contribution in [0.4, 0.5) is 16.2 Å². The lowest BCUT2D eigenvalue weighted by Gasteiger charge is -2.35. The van der Waals surface area contributed by atoms with Gasteiger partial charge in [-0.2, -0.15) is 5.10 Å². The van der Waals surface area contributed by atoms with Gasteiger partial charge in [-0.15, -0.1) is 0 Å². The van der Waals surface area contributed by atoms with Gasteiger partial charge in [0.2, 0.25) is 5.95 Å². The molecule has 0 amide bonds. The summed E-state index contributed by atoms with van der Waals surface area (Å²) in [5.74, 6) is 1.10. The van der Waals surface area contributed by atoms with E-state index in [1.54, 1.807) is 12.1 Å². The molecule has 0 spiro atoms. The molecule has 2 aromatic heterocycles. The van der Waals surface area contributed by atoms with E-state index in [9.17, 15) is 9.18 Å². The van der Waals surface area contributed by atoms with E-state index in [1.807, 2.05) is 18.2 Å². The maximum absolute atomic E-state index is 13.4. The largest absolute Gasteiger partial charge is 0.354 e. The summed E-state index contributed by atoms with van der Waals surface area (Å²) in [5, 5.41) is 12.0. The second kappa shape index (κ2) is 7.75. The highest BCUT2D eigenvalue weighted by Crippen LogP contribution is 2.25. The van der Waals surface area contributed by atoms with Gasteiger partial charge in [0.05, 0.1) is 16.4 Å². The average Bonchev–Trinajstić information content (AvgIpc) is 3.17. The van der Waals surface area contributed by atoms with Crippen LogP contribution in [0.2, 0.25) is 0 Å². The summed E-state index contributed by atoms with van der Waals surface area (Å²) in [4.78, 5) is 24.0. The lowest BCUT2D eigenvalue weighted by Crippen LogP contribution is -2.47. The first-order valence-corrected chi connectivity index (χ1v) is 10.0. The minimum Gasteiger partial charge on any atom is -0.354 e. The molecule has 1 fully saturated rings. The van der Waals surface area contributed by atoms with Crippen molar-refractivity contribution in [2.75, 3.05) is 49.5 Å². The van der Waals surface area contributed by atoms with E-state index < -0.39 is 0 Å². The van der Waals surface area contributed by atoms with E-state index in [4.69, 9.17) is 0 Å². The highest BCUT2D eigenvalue weighted by atomic mass is 19.1. The van der Waals surface area contributed by atoms with Gasteiger partial charge in [0.25, 0.3) is 5.56 Å². The van der Waals surface area contributed by atoms with Crippen LogP contribution in [0.1, 0.15) is 0 Å². The van der Waals surface area contributed by atoms with Crippen LogP contribution in [0.5, 0.6) is 0 Å². The van der Waals surface area contributed by atoms with E-state index >= 15 is 0 Å². The molecule has 2 aromatic carbocycles. The number of aromatic nitrogens is 4. The zero-order chi connectivity index (χ0) is 20.5. The first-order chi connectivity index (χ1) is 14.7. The number of fused-ring (bicyclic) bond motifs is 2. The molecule has 8 nitrogen and oxygen atoms in total. The Hall–Kier alpha value is -3.46. The van der Waals surface area contributed by atoms with E-state index in [0.29, 0.717) is 28.9 Å². The third-order valence-electron chi connectivity index (χ3n) is 5.51. The number of H-pyrrole nitrogens is 2. The number of rotatable bonds is 5. The zero-order valence-electron chi connectivity index (χ0n) is 16.4. The van der Waals surface area contributed by atoms with Crippen LogP contribution in [-0.2, 0) is 0 Å². The fourth-order valence-electron chi connectivity index (χ4n) is 3.90. The van der Waals surface area contributed by atoms with Crippen molar-refractivity contribution in [3.63, 3.8) is 0 Å². The van der Waals surface area contributed by atoms with Crippen molar-refractivity contribution < 1.29 is 4.39 Å². The van der Waals surface area contributed by atoms with Crippen LogP contribution in [-0.4, -0.2) is 64.3 Å². The van der Waals surface area contributed by atoms with Gasteiger partial charge in [0, 0.05) is 44.7 Å². The number of aromatic amines is 2. The SMILES string of the molecule is O=c1[nH]c(NCCN2CCN(c3n[nH]c4cc(F)ccc34)CC2)nc2ccccc12. The number of hydrogen-bond acceptors (Lipinski definition) is 6. The van der Waals surface area contributed by atoms with Crippen LogP contribution >= 0.6 is 0 Å². The summed E-state index contributed by atoms with van der Waals surface area (Å²) in [7, 11) is 0.